The second-order valence-electron chi connectivity index (χ2n) is 8.16. The van der Waals surface area contributed by atoms with Gasteiger partial charge in [0.05, 0.1) is 5.75 Å². The molecule has 1 N–H and O–H groups in total. The number of benzene rings is 1. The molecule has 1 amide bonds. The number of thiazole rings is 1. The molecule has 0 aliphatic carbocycles. The van der Waals surface area contributed by atoms with E-state index in [9.17, 15) is 9.59 Å². The number of hydrogen-bond donors (Lipinski definition) is 1. The van der Waals surface area contributed by atoms with Gasteiger partial charge in [0.25, 0.3) is 5.56 Å². The summed E-state index contributed by atoms with van der Waals surface area (Å²) in [5.41, 5.74) is 1.97. The first-order valence-electron chi connectivity index (χ1n) is 10.7. The predicted molar refractivity (Wildman–Crippen MR) is 134 cm³/mol. The molecule has 170 valence electrons. The van der Waals surface area contributed by atoms with Crippen molar-refractivity contribution in [2.24, 2.45) is 0 Å². The van der Waals surface area contributed by atoms with Crippen LogP contribution >= 0.6 is 34.7 Å². The Hall–Kier alpha value is -2.10. The van der Waals surface area contributed by atoms with Crippen molar-refractivity contribution in [3.8, 4) is 0 Å². The summed E-state index contributed by atoms with van der Waals surface area (Å²) < 4.78 is 2.23. The summed E-state index contributed by atoms with van der Waals surface area (Å²) in [5, 5.41) is 4.81. The molecule has 1 aromatic carbocycles. The number of anilines is 2. The van der Waals surface area contributed by atoms with Gasteiger partial charge in [-0.25, -0.2) is 4.98 Å². The highest BCUT2D eigenvalue weighted by Gasteiger charge is 2.21. The summed E-state index contributed by atoms with van der Waals surface area (Å²) >= 11 is 8.71. The van der Waals surface area contributed by atoms with Gasteiger partial charge in [0, 0.05) is 29.8 Å². The smallest absolute Gasteiger partial charge is 0.274 e. The molecule has 1 aliphatic heterocycles. The fourth-order valence-electron chi connectivity index (χ4n) is 3.68. The predicted octanol–water partition coefficient (Wildman–Crippen LogP) is 5.12. The molecule has 0 bridgehead atoms. The minimum Gasteiger partial charge on any atom is -0.348 e. The Balaban J connectivity index is 1.58. The largest absolute Gasteiger partial charge is 0.348 e. The van der Waals surface area contributed by atoms with Crippen LogP contribution in [0.4, 0.5) is 10.8 Å². The Morgan fingerprint density at radius 3 is 2.72 bits per heavy atom. The van der Waals surface area contributed by atoms with Crippen molar-refractivity contribution in [1.29, 1.82) is 0 Å². The number of piperidine rings is 1. The third kappa shape index (κ3) is 4.94. The van der Waals surface area contributed by atoms with E-state index in [0.29, 0.717) is 26.2 Å². The highest BCUT2D eigenvalue weighted by molar-refractivity contribution is 7.99. The highest BCUT2D eigenvalue weighted by Crippen LogP contribution is 2.30. The van der Waals surface area contributed by atoms with Gasteiger partial charge in [0.2, 0.25) is 5.91 Å². The minimum atomic E-state index is -0.183. The first-order chi connectivity index (χ1) is 15.3. The number of rotatable bonds is 6. The lowest BCUT2D eigenvalue weighted by molar-refractivity contribution is -0.113. The number of carbonyl (C=O) groups is 1. The average molecular weight is 492 g/mol. The molecule has 0 radical (unpaired) electrons. The van der Waals surface area contributed by atoms with E-state index in [4.69, 9.17) is 11.6 Å². The van der Waals surface area contributed by atoms with Crippen LogP contribution in [-0.4, -0.2) is 39.3 Å². The van der Waals surface area contributed by atoms with Crippen LogP contribution in [0.1, 0.15) is 44.7 Å². The molecule has 0 atom stereocenters. The van der Waals surface area contributed by atoms with Gasteiger partial charge < -0.3 is 10.2 Å². The fraction of sp³-hybridized carbons (Fsp3) is 0.455. The third-order valence-electron chi connectivity index (χ3n) is 5.37. The van der Waals surface area contributed by atoms with Gasteiger partial charge in [-0.15, -0.1) is 0 Å². The van der Waals surface area contributed by atoms with Gasteiger partial charge in [-0.1, -0.05) is 40.8 Å². The molecule has 4 rings (SSSR count). The van der Waals surface area contributed by atoms with Crippen molar-refractivity contribution in [3.05, 3.63) is 39.1 Å². The Labute approximate surface area is 200 Å². The zero-order valence-electron chi connectivity index (χ0n) is 18.4. The summed E-state index contributed by atoms with van der Waals surface area (Å²) in [6.45, 7) is 7.72. The molecule has 0 unspecified atom stereocenters. The molecule has 1 saturated heterocycles. The van der Waals surface area contributed by atoms with Crippen LogP contribution in [0, 0.1) is 6.92 Å². The van der Waals surface area contributed by atoms with Crippen LogP contribution in [0.25, 0.3) is 10.3 Å². The number of nitrogens with zero attached hydrogens (tertiary/aromatic N) is 4. The van der Waals surface area contributed by atoms with Gasteiger partial charge in [-0.3, -0.25) is 14.2 Å². The van der Waals surface area contributed by atoms with Crippen molar-refractivity contribution in [3.63, 3.8) is 0 Å². The molecule has 3 aromatic rings. The summed E-state index contributed by atoms with van der Waals surface area (Å²) in [5.74, 6) is -0.0583. The van der Waals surface area contributed by atoms with Gasteiger partial charge in [0.1, 0.15) is 4.70 Å². The zero-order chi connectivity index (χ0) is 22.8. The summed E-state index contributed by atoms with van der Waals surface area (Å²) in [6.07, 6.45) is 3.52. The van der Waals surface area contributed by atoms with E-state index < -0.39 is 0 Å². The zero-order valence-corrected chi connectivity index (χ0v) is 20.7. The first-order valence-corrected chi connectivity index (χ1v) is 12.9. The molecular formula is C22H26ClN5O2S2. The number of carbonyl (C=O) groups excluding carboxylic acids is 1. The fourth-order valence-corrected chi connectivity index (χ4v) is 5.76. The highest BCUT2D eigenvalue weighted by atomic mass is 35.5. The first kappa shape index (κ1) is 23.1. The van der Waals surface area contributed by atoms with Gasteiger partial charge in [0.15, 0.2) is 15.9 Å². The van der Waals surface area contributed by atoms with Crippen molar-refractivity contribution < 1.29 is 4.79 Å². The van der Waals surface area contributed by atoms with Gasteiger partial charge in [-0.2, -0.15) is 4.98 Å². The number of halogens is 1. The van der Waals surface area contributed by atoms with Crippen molar-refractivity contribution in [1.82, 2.24) is 14.5 Å². The van der Waals surface area contributed by atoms with E-state index in [-0.39, 0.29) is 23.3 Å². The van der Waals surface area contributed by atoms with Crippen molar-refractivity contribution in [2.75, 3.05) is 29.1 Å². The van der Waals surface area contributed by atoms with Crippen LogP contribution in [-0.2, 0) is 4.79 Å². The van der Waals surface area contributed by atoms with E-state index in [1.165, 1.54) is 29.5 Å². The molecule has 3 heterocycles. The Morgan fingerprint density at radius 1 is 1.25 bits per heavy atom. The normalized spacial score (nSPS) is 14.3. The van der Waals surface area contributed by atoms with Crippen molar-refractivity contribution >= 4 is 61.8 Å². The second-order valence-corrected chi connectivity index (χ2v) is 10.5. The van der Waals surface area contributed by atoms with Crippen LogP contribution < -0.4 is 15.8 Å². The van der Waals surface area contributed by atoms with Gasteiger partial charge in [-0.05, 0) is 57.7 Å². The Kier molecular flexibility index (Phi) is 7.07. The SMILES string of the molecule is Cc1ccc(Cl)cc1NC(=O)CSc1nc2nc(N3CCCCC3)sc2c(=O)n1C(C)C. The number of nitrogens with one attached hydrogen (secondary N) is 1. The molecule has 1 aliphatic rings. The van der Waals surface area contributed by atoms with E-state index in [1.807, 2.05) is 26.8 Å². The molecular weight excluding hydrogens is 466 g/mol. The lowest BCUT2D eigenvalue weighted by Crippen LogP contribution is -2.29. The average Bonchev–Trinajstić information content (AvgIpc) is 3.20. The van der Waals surface area contributed by atoms with E-state index in [2.05, 4.69) is 20.2 Å². The number of aryl methyl sites for hydroxylation is 1. The monoisotopic (exact) mass is 491 g/mol. The number of thioether (sulfide) groups is 1. The lowest BCUT2D eigenvalue weighted by atomic mass is 10.1. The maximum atomic E-state index is 13.3. The standard InChI is InChI=1S/C22H26ClN5O2S2/c1-13(2)28-20(30)18-19(25-21(32-18)27-9-5-4-6-10-27)26-22(28)31-12-17(29)24-16-11-15(23)8-7-14(16)3/h7-8,11,13H,4-6,9-10,12H2,1-3H3,(H,24,29). The van der Waals surface area contributed by atoms with Crippen LogP contribution in [0.5, 0.6) is 0 Å². The minimum absolute atomic E-state index is 0.0827. The lowest BCUT2D eigenvalue weighted by Gasteiger charge is -2.25. The maximum absolute atomic E-state index is 13.3. The van der Waals surface area contributed by atoms with E-state index in [1.54, 1.807) is 16.7 Å². The van der Waals surface area contributed by atoms with Gasteiger partial charge >= 0.3 is 0 Å². The molecule has 10 heteroatoms. The topological polar surface area (TPSA) is 80.1 Å². The number of amides is 1. The van der Waals surface area contributed by atoms with E-state index >= 15 is 0 Å². The van der Waals surface area contributed by atoms with Crippen molar-refractivity contribution in [2.45, 2.75) is 51.2 Å². The summed E-state index contributed by atoms with van der Waals surface area (Å²) in [4.78, 5) is 37.4. The number of aromatic nitrogens is 3. The molecule has 7 nitrogen and oxygen atoms in total. The number of fused-ring (bicyclic) bond motifs is 1. The molecule has 0 spiro atoms. The third-order valence-corrected chi connectivity index (χ3v) is 7.65. The Bertz CT molecular complexity index is 1200. The maximum Gasteiger partial charge on any atom is 0.274 e. The quantitative estimate of drug-likeness (QED) is 0.381. The van der Waals surface area contributed by atoms with Crippen LogP contribution in [0.15, 0.2) is 28.2 Å². The van der Waals surface area contributed by atoms with Crippen LogP contribution in [0.3, 0.4) is 0 Å². The second kappa shape index (κ2) is 9.80. The molecule has 32 heavy (non-hydrogen) atoms. The summed E-state index contributed by atoms with van der Waals surface area (Å²) in [6, 6.07) is 5.29. The molecule has 0 saturated carbocycles. The molecule has 1 fully saturated rings. The van der Waals surface area contributed by atoms with E-state index in [0.717, 1.165) is 36.6 Å². The molecule has 2 aromatic heterocycles. The number of hydrogen-bond acceptors (Lipinski definition) is 7. The summed E-state index contributed by atoms with van der Waals surface area (Å²) in [7, 11) is 0. The van der Waals surface area contributed by atoms with Crippen LogP contribution in [0.2, 0.25) is 5.02 Å². The Morgan fingerprint density at radius 2 is 2.00 bits per heavy atom.